The van der Waals surface area contributed by atoms with E-state index in [1.807, 2.05) is 0 Å². The van der Waals surface area contributed by atoms with E-state index in [0.717, 1.165) is 11.8 Å². The SMILES string of the molecule is COc1ccc2c(C=O)cnn2c1. The highest BCUT2D eigenvalue weighted by Gasteiger charge is 2.02. The van der Waals surface area contributed by atoms with Gasteiger partial charge in [-0.15, -0.1) is 0 Å². The summed E-state index contributed by atoms with van der Waals surface area (Å²) in [5.41, 5.74) is 1.37. The Kier molecular flexibility index (Phi) is 1.73. The summed E-state index contributed by atoms with van der Waals surface area (Å²) >= 11 is 0. The molecule has 4 heteroatoms. The Morgan fingerprint density at radius 1 is 1.54 bits per heavy atom. The van der Waals surface area contributed by atoms with Crippen LogP contribution < -0.4 is 4.74 Å². The van der Waals surface area contributed by atoms with Crippen LogP contribution in [0.25, 0.3) is 5.52 Å². The van der Waals surface area contributed by atoms with Crippen LogP contribution in [0.15, 0.2) is 24.5 Å². The molecule has 0 fully saturated rings. The van der Waals surface area contributed by atoms with Crippen molar-refractivity contribution in [2.24, 2.45) is 0 Å². The summed E-state index contributed by atoms with van der Waals surface area (Å²) < 4.78 is 6.63. The van der Waals surface area contributed by atoms with Crippen LogP contribution in [0.3, 0.4) is 0 Å². The molecule has 0 saturated carbocycles. The number of carbonyl (C=O) groups excluding carboxylic acids is 1. The number of aromatic nitrogens is 2. The van der Waals surface area contributed by atoms with Crippen LogP contribution in [0.2, 0.25) is 0 Å². The van der Waals surface area contributed by atoms with Gasteiger partial charge in [0.2, 0.25) is 0 Å². The Morgan fingerprint density at radius 2 is 2.38 bits per heavy atom. The van der Waals surface area contributed by atoms with Crippen LogP contribution in [-0.4, -0.2) is 23.0 Å². The van der Waals surface area contributed by atoms with E-state index < -0.39 is 0 Å². The number of pyridine rings is 1. The molecule has 0 saturated heterocycles. The molecule has 2 aromatic rings. The highest BCUT2D eigenvalue weighted by atomic mass is 16.5. The Labute approximate surface area is 74.7 Å². The quantitative estimate of drug-likeness (QED) is 0.645. The predicted molar refractivity (Wildman–Crippen MR) is 47.1 cm³/mol. The molecule has 0 radical (unpaired) electrons. The van der Waals surface area contributed by atoms with E-state index in [0.29, 0.717) is 11.3 Å². The van der Waals surface area contributed by atoms with Gasteiger partial charge in [0.05, 0.1) is 30.6 Å². The molecule has 0 atom stereocenters. The third kappa shape index (κ3) is 1.16. The predicted octanol–water partition coefficient (Wildman–Crippen LogP) is 1.16. The van der Waals surface area contributed by atoms with Crippen LogP contribution in [0.5, 0.6) is 5.75 Å². The first-order valence-electron chi connectivity index (χ1n) is 3.81. The lowest BCUT2D eigenvalue weighted by Crippen LogP contribution is -1.89. The van der Waals surface area contributed by atoms with Crippen molar-refractivity contribution in [2.45, 2.75) is 0 Å². The molecule has 0 spiro atoms. The van der Waals surface area contributed by atoms with Gasteiger partial charge in [0.1, 0.15) is 5.75 Å². The lowest BCUT2D eigenvalue weighted by Gasteiger charge is -1.99. The van der Waals surface area contributed by atoms with Crippen molar-refractivity contribution in [3.8, 4) is 5.75 Å². The van der Waals surface area contributed by atoms with Crippen molar-refractivity contribution in [2.75, 3.05) is 7.11 Å². The van der Waals surface area contributed by atoms with Crippen LogP contribution in [0, 0.1) is 0 Å². The number of hydrogen-bond acceptors (Lipinski definition) is 3. The maximum absolute atomic E-state index is 10.6. The fraction of sp³-hybridized carbons (Fsp3) is 0.111. The molecule has 13 heavy (non-hydrogen) atoms. The van der Waals surface area contributed by atoms with Crippen LogP contribution in [0.1, 0.15) is 10.4 Å². The zero-order chi connectivity index (χ0) is 9.26. The molecule has 0 unspecified atom stereocenters. The van der Waals surface area contributed by atoms with E-state index >= 15 is 0 Å². The molecule has 0 aliphatic rings. The smallest absolute Gasteiger partial charge is 0.153 e. The Hall–Kier alpha value is -1.84. The number of aldehydes is 1. The monoisotopic (exact) mass is 176 g/mol. The van der Waals surface area contributed by atoms with E-state index in [1.54, 1.807) is 30.0 Å². The summed E-state index contributed by atoms with van der Waals surface area (Å²) in [4.78, 5) is 10.6. The Bertz CT molecular complexity index is 448. The minimum absolute atomic E-state index is 0.586. The summed E-state index contributed by atoms with van der Waals surface area (Å²) in [6.45, 7) is 0. The lowest BCUT2D eigenvalue weighted by atomic mass is 10.3. The van der Waals surface area contributed by atoms with Gasteiger partial charge in [-0.1, -0.05) is 0 Å². The van der Waals surface area contributed by atoms with Gasteiger partial charge in [0.25, 0.3) is 0 Å². The molecule has 2 heterocycles. The van der Waals surface area contributed by atoms with E-state index in [1.165, 1.54) is 6.20 Å². The fourth-order valence-corrected chi connectivity index (χ4v) is 1.20. The van der Waals surface area contributed by atoms with Crippen LogP contribution >= 0.6 is 0 Å². The summed E-state index contributed by atoms with van der Waals surface area (Å²) in [6, 6.07) is 3.60. The molecule has 0 bridgehead atoms. The molecular weight excluding hydrogens is 168 g/mol. The van der Waals surface area contributed by atoms with Crippen molar-refractivity contribution < 1.29 is 9.53 Å². The molecule has 2 rings (SSSR count). The molecule has 0 aliphatic carbocycles. The summed E-state index contributed by atoms with van der Waals surface area (Å²) in [7, 11) is 1.59. The average molecular weight is 176 g/mol. The molecule has 4 nitrogen and oxygen atoms in total. The first kappa shape index (κ1) is 7.79. The van der Waals surface area contributed by atoms with Gasteiger partial charge in [-0.3, -0.25) is 4.79 Å². The largest absolute Gasteiger partial charge is 0.495 e. The topological polar surface area (TPSA) is 43.6 Å². The highest BCUT2D eigenvalue weighted by Crippen LogP contribution is 2.14. The number of carbonyl (C=O) groups is 1. The van der Waals surface area contributed by atoms with E-state index in [-0.39, 0.29) is 0 Å². The van der Waals surface area contributed by atoms with Crippen LogP contribution in [-0.2, 0) is 0 Å². The molecular formula is C9H8N2O2. The zero-order valence-electron chi connectivity index (χ0n) is 7.10. The van der Waals surface area contributed by atoms with Crippen molar-refractivity contribution >= 4 is 11.8 Å². The van der Waals surface area contributed by atoms with E-state index in [9.17, 15) is 4.79 Å². The third-order valence-electron chi connectivity index (χ3n) is 1.88. The van der Waals surface area contributed by atoms with Crippen molar-refractivity contribution in [1.82, 2.24) is 9.61 Å². The minimum atomic E-state index is 0.586. The van der Waals surface area contributed by atoms with Crippen molar-refractivity contribution in [1.29, 1.82) is 0 Å². The number of methoxy groups -OCH3 is 1. The lowest BCUT2D eigenvalue weighted by molar-refractivity contribution is 0.112. The molecule has 0 amide bonds. The van der Waals surface area contributed by atoms with Crippen molar-refractivity contribution in [3.63, 3.8) is 0 Å². The van der Waals surface area contributed by atoms with Gasteiger partial charge in [0, 0.05) is 0 Å². The van der Waals surface area contributed by atoms with Gasteiger partial charge < -0.3 is 4.74 Å². The number of hydrogen-bond donors (Lipinski definition) is 0. The number of fused-ring (bicyclic) bond motifs is 1. The van der Waals surface area contributed by atoms with Gasteiger partial charge in [0.15, 0.2) is 6.29 Å². The summed E-state index contributed by atoms with van der Waals surface area (Å²) in [5.74, 6) is 0.716. The van der Waals surface area contributed by atoms with Gasteiger partial charge >= 0.3 is 0 Å². The second kappa shape index (κ2) is 2.90. The first-order chi connectivity index (χ1) is 6.35. The number of ether oxygens (including phenoxy) is 1. The number of nitrogens with zero attached hydrogens (tertiary/aromatic N) is 2. The molecule has 0 aromatic carbocycles. The van der Waals surface area contributed by atoms with Gasteiger partial charge in [-0.25, -0.2) is 4.52 Å². The molecule has 2 aromatic heterocycles. The Balaban J connectivity index is 2.67. The molecule has 0 N–H and O–H groups in total. The first-order valence-corrected chi connectivity index (χ1v) is 3.81. The zero-order valence-corrected chi connectivity index (χ0v) is 7.10. The van der Waals surface area contributed by atoms with Crippen molar-refractivity contribution in [3.05, 3.63) is 30.1 Å². The van der Waals surface area contributed by atoms with E-state index in [4.69, 9.17) is 4.74 Å². The van der Waals surface area contributed by atoms with Gasteiger partial charge in [-0.2, -0.15) is 5.10 Å². The minimum Gasteiger partial charge on any atom is -0.495 e. The third-order valence-corrected chi connectivity index (χ3v) is 1.88. The standard InChI is InChI=1S/C9H8N2O2/c1-13-8-2-3-9-7(6-12)4-10-11(9)5-8/h2-6H,1H3. The summed E-state index contributed by atoms with van der Waals surface area (Å²) in [5, 5.41) is 4.00. The molecule has 0 aliphatic heterocycles. The second-order valence-corrected chi connectivity index (χ2v) is 2.62. The van der Waals surface area contributed by atoms with Gasteiger partial charge in [-0.05, 0) is 12.1 Å². The summed E-state index contributed by atoms with van der Waals surface area (Å²) in [6.07, 6.45) is 4.04. The normalized spacial score (nSPS) is 10.2. The molecule has 66 valence electrons. The Morgan fingerprint density at radius 3 is 3.08 bits per heavy atom. The van der Waals surface area contributed by atoms with Crippen LogP contribution in [0.4, 0.5) is 0 Å². The average Bonchev–Trinajstić information content (AvgIpc) is 2.59. The number of rotatable bonds is 2. The maximum atomic E-state index is 10.6. The van der Waals surface area contributed by atoms with E-state index in [2.05, 4.69) is 5.10 Å². The maximum Gasteiger partial charge on any atom is 0.153 e. The second-order valence-electron chi connectivity index (χ2n) is 2.62. The highest BCUT2D eigenvalue weighted by molar-refractivity contribution is 5.85. The fourth-order valence-electron chi connectivity index (χ4n) is 1.20.